The summed E-state index contributed by atoms with van der Waals surface area (Å²) in [6.45, 7) is 3.75. The first-order chi connectivity index (χ1) is 9.75. The van der Waals surface area contributed by atoms with Crippen LogP contribution in [0.1, 0.15) is 22.9 Å². The highest BCUT2D eigenvalue weighted by Gasteiger charge is 2.30. The zero-order chi connectivity index (χ0) is 13.9. The molecule has 0 aliphatic carbocycles. The lowest BCUT2D eigenvalue weighted by atomic mass is 10.1. The summed E-state index contributed by atoms with van der Waals surface area (Å²) in [6, 6.07) is 1.94. The number of morpholine rings is 1. The van der Waals surface area contributed by atoms with Gasteiger partial charge in [0, 0.05) is 6.54 Å². The van der Waals surface area contributed by atoms with E-state index in [1.54, 1.807) is 17.5 Å². The summed E-state index contributed by atoms with van der Waals surface area (Å²) in [7, 11) is 0. The molecular weight excluding hydrogens is 274 g/mol. The lowest BCUT2D eigenvalue weighted by Gasteiger charge is -2.35. The first kappa shape index (κ1) is 13.3. The monoisotopic (exact) mass is 291 g/mol. The van der Waals surface area contributed by atoms with Gasteiger partial charge in [0.2, 0.25) is 5.91 Å². The molecule has 3 heterocycles. The Labute approximate surface area is 121 Å². The standard InChI is InChI=1S/C14H17N3O2S/c1-10-7-15-16-14(10)12-8-19-4-3-17(12)13(18)6-11-2-5-20-9-11/h2,5,7,9,12H,3-4,6,8H2,1H3,(H,15,16)/t12-/m0/s1. The summed E-state index contributed by atoms with van der Waals surface area (Å²) >= 11 is 1.62. The molecule has 1 atom stereocenters. The summed E-state index contributed by atoms with van der Waals surface area (Å²) in [5.41, 5.74) is 3.11. The Bertz CT molecular complexity index is 579. The first-order valence-corrected chi connectivity index (χ1v) is 7.58. The molecule has 3 rings (SSSR count). The maximum absolute atomic E-state index is 12.5. The molecule has 0 radical (unpaired) electrons. The molecule has 2 aromatic heterocycles. The third-order valence-corrected chi connectivity index (χ3v) is 4.32. The molecule has 1 aliphatic heterocycles. The number of nitrogens with one attached hydrogen (secondary N) is 1. The van der Waals surface area contributed by atoms with E-state index < -0.39 is 0 Å². The number of hydrogen-bond acceptors (Lipinski definition) is 4. The number of aromatic amines is 1. The van der Waals surface area contributed by atoms with E-state index >= 15 is 0 Å². The van der Waals surface area contributed by atoms with Gasteiger partial charge in [0.05, 0.1) is 37.6 Å². The van der Waals surface area contributed by atoms with Gasteiger partial charge in [-0.15, -0.1) is 0 Å². The Morgan fingerprint density at radius 2 is 2.55 bits per heavy atom. The SMILES string of the molecule is Cc1cn[nH]c1[C@@H]1COCCN1C(=O)Cc1ccsc1. The highest BCUT2D eigenvalue weighted by molar-refractivity contribution is 7.07. The van der Waals surface area contributed by atoms with Gasteiger partial charge in [-0.05, 0) is 34.9 Å². The minimum absolute atomic E-state index is 0.0580. The van der Waals surface area contributed by atoms with Gasteiger partial charge >= 0.3 is 0 Å². The molecule has 0 aromatic carbocycles. The van der Waals surface area contributed by atoms with E-state index in [-0.39, 0.29) is 11.9 Å². The van der Waals surface area contributed by atoms with Crippen LogP contribution in [0.5, 0.6) is 0 Å². The lowest BCUT2D eigenvalue weighted by Crippen LogP contribution is -2.44. The number of rotatable bonds is 3. The van der Waals surface area contributed by atoms with Crippen LogP contribution in [0, 0.1) is 6.92 Å². The largest absolute Gasteiger partial charge is 0.377 e. The Kier molecular flexibility index (Phi) is 3.84. The maximum Gasteiger partial charge on any atom is 0.227 e. The van der Waals surface area contributed by atoms with Gasteiger partial charge in [0.1, 0.15) is 0 Å². The Morgan fingerprint density at radius 3 is 3.25 bits per heavy atom. The second-order valence-electron chi connectivity index (χ2n) is 4.95. The van der Waals surface area contributed by atoms with E-state index in [0.717, 1.165) is 16.8 Å². The summed E-state index contributed by atoms with van der Waals surface area (Å²) in [4.78, 5) is 14.4. The van der Waals surface area contributed by atoms with Crippen molar-refractivity contribution in [2.24, 2.45) is 0 Å². The predicted octanol–water partition coefficient (Wildman–Crippen LogP) is 1.92. The highest BCUT2D eigenvalue weighted by Crippen LogP contribution is 2.25. The number of aryl methyl sites for hydroxylation is 1. The third-order valence-electron chi connectivity index (χ3n) is 3.59. The van der Waals surface area contributed by atoms with Crippen molar-refractivity contribution in [2.75, 3.05) is 19.8 Å². The maximum atomic E-state index is 12.5. The smallest absolute Gasteiger partial charge is 0.227 e. The van der Waals surface area contributed by atoms with E-state index in [1.807, 2.05) is 28.7 Å². The Balaban J connectivity index is 1.78. The normalized spacial score (nSPS) is 19.2. The van der Waals surface area contributed by atoms with Crippen LogP contribution in [0.4, 0.5) is 0 Å². The molecule has 1 amide bonds. The van der Waals surface area contributed by atoms with Crippen LogP contribution in [0.15, 0.2) is 23.0 Å². The average Bonchev–Trinajstić information content (AvgIpc) is 3.10. The Hall–Kier alpha value is -1.66. The van der Waals surface area contributed by atoms with Gasteiger partial charge in [-0.25, -0.2) is 0 Å². The van der Waals surface area contributed by atoms with Crippen LogP contribution in [0.25, 0.3) is 0 Å². The molecule has 0 spiro atoms. The van der Waals surface area contributed by atoms with E-state index in [4.69, 9.17) is 4.74 Å². The second-order valence-corrected chi connectivity index (χ2v) is 5.73. The van der Waals surface area contributed by atoms with Crippen molar-refractivity contribution in [3.05, 3.63) is 39.8 Å². The number of carbonyl (C=O) groups excluding carboxylic acids is 1. The van der Waals surface area contributed by atoms with Crippen molar-refractivity contribution in [3.63, 3.8) is 0 Å². The van der Waals surface area contributed by atoms with Crippen LogP contribution >= 0.6 is 11.3 Å². The molecule has 1 aliphatic rings. The Morgan fingerprint density at radius 1 is 1.65 bits per heavy atom. The van der Waals surface area contributed by atoms with Gasteiger partial charge in [0.25, 0.3) is 0 Å². The average molecular weight is 291 g/mol. The van der Waals surface area contributed by atoms with Crippen molar-refractivity contribution >= 4 is 17.2 Å². The van der Waals surface area contributed by atoms with Gasteiger partial charge in [-0.2, -0.15) is 16.4 Å². The number of thiophene rings is 1. The van der Waals surface area contributed by atoms with Gasteiger partial charge in [0.15, 0.2) is 0 Å². The van der Waals surface area contributed by atoms with Crippen molar-refractivity contribution in [2.45, 2.75) is 19.4 Å². The molecule has 1 saturated heterocycles. The number of H-pyrrole nitrogens is 1. The van der Waals surface area contributed by atoms with Gasteiger partial charge in [-0.3, -0.25) is 9.89 Å². The lowest BCUT2D eigenvalue weighted by molar-refractivity contribution is -0.139. The third kappa shape index (κ3) is 2.62. The van der Waals surface area contributed by atoms with E-state index in [9.17, 15) is 4.79 Å². The number of aromatic nitrogens is 2. The zero-order valence-corrected chi connectivity index (χ0v) is 12.2. The minimum atomic E-state index is -0.0580. The van der Waals surface area contributed by atoms with Crippen molar-refractivity contribution in [3.8, 4) is 0 Å². The molecule has 5 nitrogen and oxygen atoms in total. The fourth-order valence-electron chi connectivity index (χ4n) is 2.50. The molecule has 0 bridgehead atoms. The van der Waals surface area contributed by atoms with Crippen molar-refractivity contribution in [1.82, 2.24) is 15.1 Å². The van der Waals surface area contributed by atoms with Crippen LogP contribution in [0.3, 0.4) is 0 Å². The van der Waals surface area contributed by atoms with Crippen molar-refractivity contribution < 1.29 is 9.53 Å². The number of ether oxygens (including phenoxy) is 1. The molecule has 0 unspecified atom stereocenters. The second kappa shape index (κ2) is 5.76. The van der Waals surface area contributed by atoms with Crippen molar-refractivity contribution in [1.29, 1.82) is 0 Å². The summed E-state index contributed by atoms with van der Waals surface area (Å²) < 4.78 is 5.54. The minimum Gasteiger partial charge on any atom is -0.377 e. The molecule has 1 fully saturated rings. The van der Waals surface area contributed by atoms with E-state index in [0.29, 0.717) is 26.2 Å². The summed E-state index contributed by atoms with van der Waals surface area (Å²) in [5, 5.41) is 11.1. The van der Waals surface area contributed by atoms with E-state index in [2.05, 4.69) is 10.2 Å². The first-order valence-electron chi connectivity index (χ1n) is 6.64. The van der Waals surface area contributed by atoms with Crippen LogP contribution in [0.2, 0.25) is 0 Å². The van der Waals surface area contributed by atoms with Crippen LogP contribution < -0.4 is 0 Å². The molecule has 2 aromatic rings. The fraction of sp³-hybridized carbons (Fsp3) is 0.429. The predicted molar refractivity (Wildman–Crippen MR) is 76.6 cm³/mol. The van der Waals surface area contributed by atoms with Crippen LogP contribution in [-0.2, 0) is 16.0 Å². The fourth-order valence-corrected chi connectivity index (χ4v) is 3.17. The molecule has 0 saturated carbocycles. The van der Waals surface area contributed by atoms with Gasteiger partial charge < -0.3 is 9.64 Å². The van der Waals surface area contributed by atoms with E-state index in [1.165, 1.54) is 0 Å². The summed E-state index contributed by atoms with van der Waals surface area (Å²) in [6.07, 6.45) is 2.23. The quantitative estimate of drug-likeness (QED) is 0.940. The van der Waals surface area contributed by atoms with Crippen LogP contribution in [-0.4, -0.2) is 40.8 Å². The zero-order valence-electron chi connectivity index (χ0n) is 11.3. The topological polar surface area (TPSA) is 58.2 Å². The molecule has 6 heteroatoms. The number of nitrogens with zero attached hydrogens (tertiary/aromatic N) is 2. The number of carbonyl (C=O) groups is 1. The number of amides is 1. The molecule has 106 valence electrons. The summed E-state index contributed by atoms with van der Waals surface area (Å²) in [5.74, 6) is 0.144. The molecule has 1 N–H and O–H groups in total. The van der Waals surface area contributed by atoms with Gasteiger partial charge in [-0.1, -0.05) is 0 Å². The number of hydrogen-bond donors (Lipinski definition) is 1. The molecular formula is C14H17N3O2S. The highest BCUT2D eigenvalue weighted by atomic mass is 32.1. The molecule has 20 heavy (non-hydrogen) atoms.